The van der Waals surface area contributed by atoms with Crippen LogP contribution in [0.3, 0.4) is 0 Å². The molecule has 1 fully saturated rings. The standard InChI is InChI=1S/C18H25N3O/c1-13(2)17(12-19)21-9-7-20(8-10-21)16-11-14-5-3-4-6-15(14)18(16)22/h3-6,13,16-18,22H,7-11H2,1-2H3/t16-,17-,18+/m1/s1. The molecule has 1 heterocycles. The molecule has 1 aliphatic carbocycles. The number of benzene rings is 1. The summed E-state index contributed by atoms with van der Waals surface area (Å²) >= 11 is 0. The van der Waals surface area contributed by atoms with E-state index in [1.807, 2.05) is 18.2 Å². The van der Waals surface area contributed by atoms with E-state index in [-0.39, 0.29) is 18.2 Å². The van der Waals surface area contributed by atoms with Crippen LogP contribution in [0.1, 0.15) is 31.1 Å². The van der Waals surface area contributed by atoms with E-state index in [0.29, 0.717) is 5.92 Å². The summed E-state index contributed by atoms with van der Waals surface area (Å²) in [5.74, 6) is 0.359. The van der Waals surface area contributed by atoms with Crippen LogP contribution >= 0.6 is 0 Å². The first kappa shape index (κ1) is 15.5. The van der Waals surface area contributed by atoms with Crippen molar-refractivity contribution in [2.24, 2.45) is 5.92 Å². The second kappa shape index (κ2) is 6.37. The first-order valence-electron chi connectivity index (χ1n) is 8.25. The van der Waals surface area contributed by atoms with Crippen molar-refractivity contribution >= 4 is 0 Å². The average molecular weight is 299 g/mol. The summed E-state index contributed by atoms with van der Waals surface area (Å²) in [5.41, 5.74) is 2.37. The third-order valence-corrected chi connectivity index (χ3v) is 5.14. The van der Waals surface area contributed by atoms with Gasteiger partial charge in [-0.3, -0.25) is 9.80 Å². The van der Waals surface area contributed by atoms with Crippen molar-refractivity contribution in [3.8, 4) is 6.07 Å². The highest BCUT2D eigenvalue weighted by molar-refractivity contribution is 5.36. The third kappa shape index (κ3) is 2.77. The summed E-state index contributed by atoms with van der Waals surface area (Å²) in [5, 5.41) is 19.9. The van der Waals surface area contributed by atoms with Gasteiger partial charge in [0.05, 0.1) is 12.2 Å². The molecule has 118 valence electrons. The van der Waals surface area contributed by atoms with Gasteiger partial charge in [-0.2, -0.15) is 5.26 Å². The minimum atomic E-state index is -0.375. The number of nitrogens with zero attached hydrogens (tertiary/aromatic N) is 3. The van der Waals surface area contributed by atoms with Crippen LogP contribution in [0.25, 0.3) is 0 Å². The molecule has 1 aromatic carbocycles. The molecule has 0 radical (unpaired) electrons. The topological polar surface area (TPSA) is 50.5 Å². The Hall–Kier alpha value is -1.41. The van der Waals surface area contributed by atoms with Gasteiger partial charge in [0, 0.05) is 32.2 Å². The van der Waals surface area contributed by atoms with Crippen LogP contribution in [0.4, 0.5) is 0 Å². The summed E-state index contributed by atoms with van der Waals surface area (Å²) in [6.45, 7) is 7.91. The summed E-state index contributed by atoms with van der Waals surface area (Å²) < 4.78 is 0. The lowest BCUT2D eigenvalue weighted by molar-refractivity contribution is 0.0179. The van der Waals surface area contributed by atoms with Gasteiger partial charge in [0.1, 0.15) is 6.04 Å². The summed E-state index contributed by atoms with van der Waals surface area (Å²) in [6.07, 6.45) is 0.558. The van der Waals surface area contributed by atoms with Gasteiger partial charge in [-0.25, -0.2) is 0 Å². The SMILES string of the molecule is CC(C)[C@@H](C#N)N1CCN([C@@H]2Cc3ccccc3[C@@H]2O)CC1. The molecule has 0 aromatic heterocycles. The van der Waals surface area contributed by atoms with Gasteiger partial charge in [-0.1, -0.05) is 38.1 Å². The Morgan fingerprint density at radius 2 is 1.86 bits per heavy atom. The van der Waals surface area contributed by atoms with Crippen molar-refractivity contribution in [3.05, 3.63) is 35.4 Å². The third-order valence-electron chi connectivity index (χ3n) is 5.14. The molecule has 0 spiro atoms. The Labute approximate surface area is 133 Å². The lowest BCUT2D eigenvalue weighted by atomic mass is 10.0. The molecule has 4 heteroatoms. The van der Waals surface area contributed by atoms with Crippen LogP contribution in [-0.2, 0) is 6.42 Å². The van der Waals surface area contributed by atoms with Crippen LogP contribution in [-0.4, -0.2) is 53.2 Å². The van der Waals surface area contributed by atoms with Gasteiger partial charge >= 0.3 is 0 Å². The summed E-state index contributed by atoms with van der Waals surface area (Å²) in [7, 11) is 0. The van der Waals surface area contributed by atoms with E-state index in [2.05, 4.69) is 35.8 Å². The molecule has 3 rings (SSSR count). The molecule has 22 heavy (non-hydrogen) atoms. The van der Waals surface area contributed by atoms with Crippen molar-refractivity contribution in [3.63, 3.8) is 0 Å². The smallest absolute Gasteiger partial charge is 0.100 e. The van der Waals surface area contributed by atoms with Crippen LogP contribution in [0.15, 0.2) is 24.3 Å². The van der Waals surface area contributed by atoms with Crippen LogP contribution in [0.5, 0.6) is 0 Å². The molecule has 1 saturated heterocycles. The molecule has 0 amide bonds. The number of hydrogen-bond acceptors (Lipinski definition) is 4. The number of hydrogen-bond donors (Lipinski definition) is 1. The predicted octanol–water partition coefficient (Wildman–Crippen LogP) is 1.81. The van der Waals surface area contributed by atoms with Crippen molar-refractivity contribution < 1.29 is 5.11 Å². The highest BCUT2D eigenvalue weighted by Crippen LogP contribution is 2.34. The number of aliphatic hydroxyl groups excluding tert-OH is 1. The minimum Gasteiger partial charge on any atom is -0.387 e. The number of piperazine rings is 1. The Bertz CT molecular complexity index is 558. The fraction of sp³-hybridized carbons (Fsp3) is 0.611. The van der Waals surface area contributed by atoms with E-state index < -0.39 is 0 Å². The number of aliphatic hydroxyl groups is 1. The van der Waals surface area contributed by atoms with E-state index in [4.69, 9.17) is 0 Å². The average Bonchev–Trinajstić information content (AvgIpc) is 2.86. The zero-order valence-electron chi connectivity index (χ0n) is 13.4. The van der Waals surface area contributed by atoms with E-state index in [0.717, 1.165) is 38.2 Å². The number of nitriles is 1. The molecule has 0 bridgehead atoms. The molecule has 1 aromatic rings. The van der Waals surface area contributed by atoms with E-state index in [1.165, 1.54) is 5.56 Å². The molecular weight excluding hydrogens is 274 g/mol. The summed E-state index contributed by atoms with van der Waals surface area (Å²) in [4.78, 5) is 4.69. The lowest BCUT2D eigenvalue weighted by Gasteiger charge is -2.41. The maximum atomic E-state index is 10.6. The Morgan fingerprint density at radius 3 is 2.45 bits per heavy atom. The van der Waals surface area contributed by atoms with Crippen molar-refractivity contribution in [2.45, 2.75) is 38.5 Å². The van der Waals surface area contributed by atoms with Gasteiger partial charge in [0.2, 0.25) is 0 Å². The second-order valence-corrected chi connectivity index (χ2v) is 6.81. The van der Waals surface area contributed by atoms with Crippen molar-refractivity contribution in [1.82, 2.24) is 9.80 Å². The Kier molecular flexibility index (Phi) is 4.49. The summed E-state index contributed by atoms with van der Waals surface area (Å²) in [6, 6.07) is 10.9. The van der Waals surface area contributed by atoms with Gasteiger partial charge in [-0.05, 0) is 23.5 Å². The van der Waals surface area contributed by atoms with Crippen molar-refractivity contribution in [1.29, 1.82) is 5.26 Å². The van der Waals surface area contributed by atoms with Gasteiger partial charge in [0.15, 0.2) is 0 Å². The highest BCUT2D eigenvalue weighted by Gasteiger charge is 2.37. The molecular formula is C18H25N3O. The van der Waals surface area contributed by atoms with Gasteiger partial charge < -0.3 is 5.11 Å². The molecule has 3 atom stereocenters. The Balaban J connectivity index is 1.63. The highest BCUT2D eigenvalue weighted by atomic mass is 16.3. The quantitative estimate of drug-likeness (QED) is 0.925. The molecule has 2 aliphatic rings. The molecule has 1 N–H and O–H groups in total. The van der Waals surface area contributed by atoms with E-state index in [9.17, 15) is 10.4 Å². The molecule has 1 aliphatic heterocycles. The van der Waals surface area contributed by atoms with Crippen LogP contribution in [0.2, 0.25) is 0 Å². The second-order valence-electron chi connectivity index (χ2n) is 6.81. The van der Waals surface area contributed by atoms with Gasteiger partial charge in [-0.15, -0.1) is 0 Å². The maximum Gasteiger partial charge on any atom is 0.100 e. The zero-order valence-corrected chi connectivity index (χ0v) is 13.4. The fourth-order valence-electron chi connectivity index (χ4n) is 3.88. The predicted molar refractivity (Wildman–Crippen MR) is 86.3 cm³/mol. The Morgan fingerprint density at radius 1 is 1.18 bits per heavy atom. The first-order valence-corrected chi connectivity index (χ1v) is 8.25. The maximum absolute atomic E-state index is 10.6. The van der Waals surface area contributed by atoms with Crippen molar-refractivity contribution in [2.75, 3.05) is 26.2 Å². The van der Waals surface area contributed by atoms with E-state index >= 15 is 0 Å². The zero-order chi connectivity index (χ0) is 15.7. The van der Waals surface area contributed by atoms with E-state index in [1.54, 1.807) is 0 Å². The van der Waals surface area contributed by atoms with Crippen LogP contribution < -0.4 is 0 Å². The normalized spacial score (nSPS) is 27.6. The number of fused-ring (bicyclic) bond motifs is 1. The first-order chi connectivity index (χ1) is 10.6. The monoisotopic (exact) mass is 299 g/mol. The molecule has 0 unspecified atom stereocenters. The van der Waals surface area contributed by atoms with Crippen LogP contribution in [0, 0.1) is 17.2 Å². The molecule has 0 saturated carbocycles. The van der Waals surface area contributed by atoms with Gasteiger partial charge in [0.25, 0.3) is 0 Å². The largest absolute Gasteiger partial charge is 0.387 e. The lowest BCUT2D eigenvalue weighted by Crippen LogP contribution is -2.54. The number of rotatable bonds is 3. The minimum absolute atomic E-state index is 0.00727. The fourth-order valence-corrected chi connectivity index (χ4v) is 3.88. The molecule has 4 nitrogen and oxygen atoms in total.